The number of rotatable bonds is 6. The summed E-state index contributed by atoms with van der Waals surface area (Å²) in [5.74, 6) is 1.46. The van der Waals surface area contributed by atoms with E-state index < -0.39 is 0 Å². The molecular weight excluding hydrogens is 246 g/mol. The molecule has 0 saturated heterocycles. The lowest BCUT2D eigenvalue weighted by Crippen LogP contribution is -2.08. The molecule has 96 valence electrons. The third-order valence-electron chi connectivity index (χ3n) is 2.48. The molecule has 0 bridgehead atoms. The maximum Gasteiger partial charge on any atom is 0.224 e. The van der Waals surface area contributed by atoms with Gasteiger partial charge < -0.3 is 10.6 Å². The number of hydrogen-bond acceptors (Lipinski definition) is 6. The Labute approximate surface area is 111 Å². The second kappa shape index (κ2) is 6.30. The summed E-state index contributed by atoms with van der Waals surface area (Å²) in [4.78, 5) is 13.0. The van der Waals surface area contributed by atoms with Crippen LogP contribution in [0, 0.1) is 0 Å². The summed E-state index contributed by atoms with van der Waals surface area (Å²) in [6.07, 6.45) is 3.63. The maximum atomic E-state index is 4.52. The number of nitrogens with zero attached hydrogens (tertiary/aromatic N) is 3. The highest BCUT2D eigenvalue weighted by Crippen LogP contribution is 2.11. The molecule has 0 atom stereocenters. The van der Waals surface area contributed by atoms with Crippen LogP contribution in [0.25, 0.3) is 0 Å². The van der Waals surface area contributed by atoms with Gasteiger partial charge in [0, 0.05) is 31.6 Å². The predicted octanol–water partition coefficient (Wildman–Crippen LogP) is 2.19. The SMILES string of the molecule is CCc1nc(CCNc2nccc(NC)n2)cs1. The Balaban J connectivity index is 1.84. The number of nitrogens with one attached hydrogen (secondary N) is 2. The van der Waals surface area contributed by atoms with Crippen LogP contribution >= 0.6 is 11.3 Å². The van der Waals surface area contributed by atoms with Gasteiger partial charge in [-0.15, -0.1) is 11.3 Å². The molecule has 0 aliphatic rings. The minimum absolute atomic E-state index is 0.646. The summed E-state index contributed by atoms with van der Waals surface area (Å²) in [7, 11) is 1.84. The summed E-state index contributed by atoms with van der Waals surface area (Å²) in [6, 6.07) is 1.83. The molecule has 18 heavy (non-hydrogen) atoms. The highest BCUT2D eigenvalue weighted by atomic mass is 32.1. The summed E-state index contributed by atoms with van der Waals surface area (Å²) in [5, 5.41) is 9.49. The highest BCUT2D eigenvalue weighted by Gasteiger charge is 2.01. The first kappa shape index (κ1) is 12.8. The zero-order chi connectivity index (χ0) is 12.8. The van der Waals surface area contributed by atoms with E-state index in [0.29, 0.717) is 5.95 Å². The van der Waals surface area contributed by atoms with E-state index >= 15 is 0 Å². The topological polar surface area (TPSA) is 62.7 Å². The molecule has 0 fully saturated rings. The van der Waals surface area contributed by atoms with Gasteiger partial charge in [0.1, 0.15) is 5.82 Å². The average molecular weight is 263 g/mol. The largest absolute Gasteiger partial charge is 0.373 e. The van der Waals surface area contributed by atoms with Crippen molar-refractivity contribution in [1.82, 2.24) is 15.0 Å². The fraction of sp³-hybridized carbons (Fsp3) is 0.417. The molecule has 0 unspecified atom stereocenters. The first-order valence-corrected chi connectivity index (χ1v) is 6.87. The lowest BCUT2D eigenvalue weighted by atomic mass is 10.3. The molecule has 6 heteroatoms. The Morgan fingerprint density at radius 3 is 2.94 bits per heavy atom. The van der Waals surface area contributed by atoms with Crippen LogP contribution in [-0.4, -0.2) is 28.5 Å². The van der Waals surface area contributed by atoms with Gasteiger partial charge in [0.25, 0.3) is 0 Å². The maximum absolute atomic E-state index is 4.52. The van der Waals surface area contributed by atoms with Crippen LogP contribution < -0.4 is 10.6 Å². The molecule has 0 radical (unpaired) electrons. The van der Waals surface area contributed by atoms with E-state index in [9.17, 15) is 0 Å². The van der Waals surface area contributed by atoms with E-state index in [1.165, 1.54) is 5.01 Å². The number of aryl methyl sites for hydroxylation is 1. The zero-order valence-electron chi connectivity index (χ0n) is 10.6. The van der Waals surface area contributed by atoms with E-state index in [0.717, 1.165) is 30.9 Å². The Morgan fingerprint density at radius 1 is 1.33 bits per heavy atom. The summed E-state index contributed by atoms with van der Waals surface area (Å²) < 4.78 is 0. The van der Waals surface area contributed by atoms with Crippen molar-refractivity contribution in [3.05, 3.63) is 28.3 Å². The fourth-order valence-electron chi connectivity index (χ4n) is 1.51. The second-order valence-corrected chi connectivity index (χ2v) is 4.72. The van der Waals surface area contributed by atoms with Gasteiger partial charge in [-0.1, -0.05) is 6.92 Å². The van der Waals surface area contributed by atoms with E-state index in [-0.39, 0.29) is 0 Å². The van der Waals surface area contributed by atoms with Crippen molar-refractivity contribution in [2.45, 2.75) is 19.8 Å². The van der Waals surface area contributed by atoms with Crippen molar-refractivity contribution in [3.8, 4) is 0 Å². The lowest BCUT2D eigenvalue weighted by Gasteiger charge is -2.04. The molecule has 5 nitrogen and oxygen atoms in total. The number of aromatic nitrogens is 3. The minimum atomic E-state index is 0.646. The summed E-state index contributed by atoms with van der Waals surface area (Å²) in [5.41, 5.74) is 1.13. The van der Waals surface area contributed by atoms with Crippen molar-refractivity contribution in [2.24, 2.45) is 0 Å². The average Bonchev–Trinajstić information content (AvgIpc) is 2.87. The van der Waals surface area contributed by atoms with Crippen LogP contribution in [0.4, 0.5) is 11.8 Å². The van der Waals surface area contributed by atoms with Crippen molar-refractivity contribution in [2.75, 3.05) is 24.2 Å². The van der Waals surface area contributed by atoms with Crippen LogP contribution in [-0.2, 0) is 12.8 Å². The standard InChI is InChI=1S/C12H17N5S/c1-3-11-16-9(8-18-11)4-6-14-12-15-7-5-10(13-2)17-12/h5,7-8H,3-4,6H2,1-2H3,(H2,13,14,15,17). The molecule has 0 amide bonds. The molecule has 2 aromatic rings. The summed E-state index contributed by atoms with van der Waals surface area (Å²) in [6.45, 7) is 2.91. The fourth-order valence-corrected chi connectivity index (χ4v) is 2.29. The molecule has 0 saturated carbocycles. The van der Waals surface area contributed by atoms with Crippen molar-refractivity contribution >= 4 is 23.1 Å². The van der Waals surface area contributed by atoms with Crippen LogP contribution in [0.2, 0.25) is 0 Å². The molecule has 2 heterocycles. The third kappa shape index (κ3) is 3.40. The Hall–Kier alpha value is -1.69. The molecule has 2 rings (SSSR count). The van der Waals surface area contributed by atoms with Gasteiger partial charge in [-0.05, 0) is 12.5 Å². The van der Waals surface area contributed by atoms with E-state index in [2.05, 4.69) is 37.9 Å². The molecule has 0 aliphatic carbocycles. The van der Waals surface area contributed by atoms with Crippen LogP contribution in [0.15, 0.2) is 17.6 Å². The molecule has 0 aliphatic heterocycles. The smallest absolute Gasteiger partial charge is 0.224 e. The number of hydrogen-bond donors (Lipinski definition) is 2. The molecule has 0 spiro atoms. The monoisotopic (exact) mass is 263 g/mol. The Morgan fingerprint density at radius 2 is 2.22 bits per heavy atom. The lowest BCUT2D eigenvalue weighted by molar-refractivity contribution is 0.935. The van der Waals surface area contributed by atoms with E-state index in [4.69, 9.17) is 0 Å². The van der Waals surface area contributed by atoms with Gasteiger partial charge in [0.05, 0.1) is 10.7 Å². The van der Waals surface area contributed by atoms with E-state index in [1.54, 1.807) is 17.5 Å². The van der Waals surface area contributed by atoms with Crippen molar-refractivity contribution in [3.63, 3.8) is 0 Å². The van der Waals surface area contributed by atoms with Gasteiger partial charge >= 0.3 is 0 Å². The van der Waals surface area contributed by atoms with Crippen molar-refractivity contribution in [1.29, 1.82) is 0 Å². The normalized spacial score (nSPS) is 10.3. The molecule has 0 aromatic carbocycles. The predicted molar refractivity (Wildman–Crippen MR) is 75.3 cm³/mol. The Bertz CT molecular complexity index is 497. The number of anilines is 2. The van der Waals surface area contributed by atoms with Gasteiger partial charge in [-0.3, -0.25) is 0 Å². The molecular formula is C12H17N5S. The van der Waals surface area contributed by atoms with Crippen LogP contribution in [0.3, 0.4) is 0 Å². The zero-order valence-corrected chi connectivity index (χ0v) is 11.4. The Kier molecular flexibility index (Phi) is 4.46. The van der Waals surface area contributed by atoms with Gasteiger partial charge in [-0.25, -0.2) is 9.97 Å². The number of thiazole rings is 1. The minimum Gasteiger partial charge on any atom is -0.373 e. The third-order valence-corrected chi connectivity index (χ3v) is 3.52. The van der Waals surface area contributed by atoms with Crippen LogP contribution in [0.5, 0.6) is 0 Å². The first-order valence-electron chi connectivity index (χ1n) is 5.99. The van der Waals surface area contributed by atoms with Gasteiger partial charge in [-0.2, -0.15) is 4.98 Å². The van der Waals surface area contributed by atoms with Crippen molar-refractivity contribution < 1.29 is 0 Å². The molecule has 2 aromatic heterocycles. The van der Waals surface area contributed by atoms with Gasteiger partial charge in [0.2, 0.25) is 5.95 Å². The second-order valence-electron chi connectivity index (χ2n) is 3.78. The van der Waals surface area contributed by atoms with Gasteiger partial charge in [0.15, 0.2) is 0 Å². The molecule has 2 N–H and O–H groups in total. The van der Waals surface area contributed by atoms with Crippen LogP contribution in [0.1, 0.15) is 17.6 Å². The first-order chi connectivity index (χ1) is 8.81. The summed E-state index contributed by atoms with van der Waals surface area (Å²) >= 11 is 1.72. The highest BCUT2D eigenvalue weighted by molar-refractivity contribution is 7.09. The van der Waals surface area contributed by atoms with E-state index in [1.807, 2.05) is 13.1 Å². The quantitative estimate of drug-likeness (QED) is 0.836.